The van der Waals surface area contributed by atoms with Gasteiger partial charge in [-0.1, -0.05) is 19.9 Å². The Bertz CT molecular complexity index is 562. The Balaban J connectivity index is 1.72. The van der Waals surface area contributed by atoms with E-state index in [1.165, 1.54) is 5.56 Å². The summed E-state index contributed by atoms with van der Waals surface area (Å²) in [6.07, 6.45) is 2.15. The smallest absolute Gasteiger partial charge is 0.164 e. The first-order valence-corrected chi connectivity index (χ1v) is 9.04. The van der Waals surface area contributed by atoms with Gasteiger partial charge in [-0.25, -0.2) is 0 Å². The Morgan fingerprint density at radius 3 is 1.88 bits per heavy atom. The molecular weight excluding hydrogens is 304 g/mol. The predicted octanol–water partition coefficient (Wildman–Crippen LogP) is 3.91. The van der Waals surface area contributed by atoms with Gasteiger partial charge in [0.25, 0.3) is 0 Å². The highest BCUT2D eigenvalue weighted by Crippen LogP contribution is 2.39. The SMILES string of the molecule is CCC1(COc2ccc(C)c(C)c2OCC2(CC)COC2)COC1. The average Bonchev–Trinajstić information content (AvgIpc) is 2.51. The summed E-state index contributed by atoms with van der Waals surface area (Å²) < 4.78 is 23.2. The molecule has 24 heavy (non-hydrogen) atoms. The van der Waals surface area contributed by atoms with Crippen molar-refractivity contribution in [3.8, 4) is 11.5 Å². The third-order valence-corrected chi connectivity index (χ3v) is 5.83. The normalized spacial score (nSPS) is 20.8. The fourth-order valence-electron chi connectivity index (χ4n) is 3.07. The van der Waals surface area contributed by atoms with Crippen LogP contribution in [0, 0.1) is 24.7 Å². The summed E-state index contributed by atoms with van der Waals surface area (Å²) in [6.45, 7) is 13.2. The van der Waals surface area contributed by atoms with E-state index in [0.29, 0.717) is 13.2 Å². The van der Waals surface area contributed by atoms with Crippen LogP contribution in [0.1, 0.15) is 37.8 Å². The molecule has 2 heterocycles. The van der Waals surface area contributed by atoms with Crippen LogP contribution in [0.5, 0.6) is 11.5 Å². The van der Waals surface area contributed by atoms with Gasteiger partial charge >= 0.3 is 0 Å². The van der Waals surface area contributed by atoms with Crippen molar-refractivity contribution in [2.45, 2.75) is 40.5 Å². The zero-order valence-electron chi connectivity index (χ0n) is 15.4. The molecule has 2 saturated heterocycles. The monoisotopic (exact) mass is 334 g/mol. The van der Waals surface area contributed by atoms with Crippen LogP contribution in [0.2, 0.25) is 0 Å². The van der Waals surface area contributed by atoms with Crippen molar-refractivity contribution < 1.29 is 18.9 Å². The molecule has 1 aromatic rings. The summed E-state index contributed by atoms with van der Waals surface area (Å²) in [7, 11) is 0. The lowest BCUT2D eigenvalue weighted by Crippen LogP contribution is -2.47. The molecule has 0 unspecified atom stereocenters. The first-order valence-electron chi connectivity index (χ1n) is 9.04. The van der Waals surface area contributed by atoms with Crippen molar-refractivity contribution in [2.75, 3.05) is 39.6 Å². The largest absolute Gasteiger partial charge is 0.489 e. The lowest BCUT2D eigenvalue weighted by atomic mass is 9.84. The molecule has 0 aromatic heterocycles. The zero-order valence-corrected chi connectivity index (χ0v) is 15.4. The van der Waals surface area contributed by atoms with Gasteiger partial charge in [0.05, 0.1) is 50.5 Å². The number of benzene rings is 1. The van der Waals surface area contributed by atoms with Crippen LogP contribution in [0.25, 0.3) is 0 Å². The molecule has 0 saturated carbocycles. The quantitative estimate of drug-likeness (QED) is 0.722. The standard InChI is InChI=1S/C20H30O4/c1-5-19(9-21-10-19)13-23-17-8-7-15(3)16(4)18(17)24-14-20(6-2)11-22-12-20/h7-8H,5-6,9-14H2,1-4H3. The van der Waals surface area contributed by atoms with Crippen molar-refractivity contribution in [2.24, 2.45) is 10.8 Å². The van der Waals surface area contributed by atoms with Gasteiger partial charge in [0.2, 0.25) is 0 Å². The molecule has 0 aliphatic carbocycles. The fraction of sp³-hybridized carbons (Fsp3) is 0.700. The summed E-state index contributed by atoms with van der Waals surface area (Å²) >= 11 is 0. The van der Waals surface area contributed by atoms with Crippen LogP contribution >= 0.6 is 0 Å². The van der Waals surface area contributed by atoms with E-state index in [2.05, 4.69) is 33.8 Å². The third-order valence-electron chi connectivity index (χ3n) is 5.83. The molecule has 0 atom stereocenters. The van der Waals surface area contributed by atoms with Crippen molar-refractivity contribution in [3.05, 3.63) is 23.3 Å². The zero-order chi connectivity index (χ0) is 17.2. The van der Waals surface area contributed by atoms with Gasteiger partial charge in [-0.15, -0.1) is 0 Å². The Kier molecular flexibility index (Phi) is 5.07. The molecule has 2 fully saturated rings. The topological polar surface area (TPSA) is 36.9 Å². The van der Waals surface area contributed by atoms with Crippen molar-refractivity contribution >= 4 is 0 Å². The van der Waals surface area contributed by atoms with Crippen LogP contribution in [-0.4, -0.2) is 39.6 Å². The molecule has 0 amide bonds. The van der Waals surface area contributed by atoms with Crippen molar-refractivity contribution in [3.63, 3.8) is 0 Å². The summed E-state index contributed by atoms with van der Waals surface area (Å²) in [5.74, 6) is 1.74. The van der Waals surface area contributed by atoms with Gasteiger partial charge in [-0.2, -0.15) is 0 Å². The average molecular weight is 334 g/mol. The number of hydrogen-bond acceptors (Lipinski definition) is 4. The number of ether oxygens (including phenoxy) is 4. The van der Waals surface area contributed by atoms with E-state index in [4.69, 9.17) is 18.9 Å². The van der Waals surface area contributed by atoms with E-state index in [9.17, 15) is 0 Å². The van der Waals surface area contributed by atoms with E-state index < -0.39 is 0 Å². The fourth-order valence-corrected chi connectivity index (χ4v) is 3.07. The summed E-state index contributed by atoms with van der Waals surface area (Å²) in [4.78, 5) is 0. The number of rotatable bonds is 8. The Morgan fingerprint density at radius 2 is 1.42 bits per heavy atom. The van der Waals surface area contributed by atoms with Gasteiger partial charge in [0, 0.05) is 0 Å². The molecule has 4 nitrogen and oxygen atoms in total. The Morgan fingerprint density at radius 1 is 0.875 bits per heavy atom. The molecule has 2 aliphatic rings. The van der Waals surface area contributed by atoms with Crippen LogP contribution < -0.4 is 9.47 Å². The van der Waals surface area contributed by atoms with Gasteiger partial charge in [-0.3, -0.25) is 0 Å². The highest BCUT2D eigenvalue weighted by Gasteiger charge is 2.39. The van der Waals surface area contributed by atoms with Crippen LogP contribution in [0.4, 0.5) is 0 Å². The van der Waals surface area contributed by atoms with Gasteiger partial charge in [-0.05, 0) is 43.9 Å². The van der Waals surface area contributed by atoms with Crippen molar-refractivity contribution in [1.82, 2.24) is 0 Å². The van der Waals surface area contributed by atoms with Gasteiger partial charge in [0.15, 0.2) is 11.5 Å². The molecule has 3 rings (SSSR count). The molecule has 0 N–H and O–H groups in total. The molecular formula is C20H30O4. The van der Waals surface area contributed by atoms with E-state index in [1.54, 1.807) is 0 Å². The molecule has 0 bridgehead atoms. The number of aryl methyl sites for hydroxylation is 1. The van der Waals surface area contributed by atoms with Crippen molar-refractivity contribution in [1.29, 1.82) is 0 Å². The molecule has 0 radical (unpaired) electrons. The molecule has 2 aliphatic heterocycles. The first kappa shape index (κ1) is 17.6. The summed E-state index contributed by atoms with van der Waals surface area (Å²) in [5.41, 5.74) is 2.72. The minimum Gasteiger partial charge on any atom is -0.489 e. The maximum Gasteiger partial charge on any atom is 0.164 e. The lowest BCUT2D eigenvalue weighted by molar-refractivity contribution is -0.136. The lowest BCUT2D eigenvalue weighted by Gasteiger charge is -2.41. The van der Waals surface area contributed by atoms with Crippen LogP contribution in [-0.2, 0) is 9.47 Å². The maximum absolute atomic E-state index is 6.26. The summed E-state index contributed by atoms with van der Waals surface area (Å²) in [6, 6.07) is 4.14. The second-order valence-corrected chi connectivity index (χ2v) is 7.60. The molecule has 134 valence electrons. The maximum atomic E-state index is 6.26. The Labute approximate surface area is 145 Å². The van der Waals surface area contributed by atoms with Crippen LogP contribution in [0.15, 0.2) is 12.1 Å². The van der Waals surface area contributed by atoms with E-state index >= 15 is 0 Å². The van der Waals surface area contributed by atoms with E-state index in [1.807, 2.05) is 6.07 Å². The minimum atomic E-state index is 0.167. The van der Waals surface area contributed by atoms with E-state index in [-0.39, 0.29) is 10.8 Å². The third kappa shape index (κ3) is 3.27. The van der Waals surface area contributed by atoms with Gasteiger partial charge in [0.1, 0.15) is 0 Å². The first-order chi connectivity index (χ1) is 11.5. The Hall–Kier alpha value is -1.26. The van der Waals surface area contributed by atoms with Gasteiger partial charge < -0.3 is 18.9 Å². The highest BCUT2D eigenvalue weighted by atomic mass is 16.5. The second-order valence-electron chi connectivity index (χ2n) is 7.60. The highest BCUT2D eigenvalue weighted by molar-refractivity contribution is 5.49. The van der Waals surface area contributed by atoms with Crippen LogP contribution in [0.3, 0.4) is 0 Å². The summed E-state index contributed by atoms with van der Waals surface area (Å²) in [5, 5.41) is 0. The minimum absolute atomic E-state index is 0.167. The molecule has 4 heteroatoms. The van der Waals surface area contributed by atoms with E-state index in [0.717, 1.165) is 56.3 Å². The number of hydrogen-bond donors (Lipinski definition) is 0. The predicted molar refractivity (Wildman–Crippen MR) is 94.0 cm³/mol. The molecule has 1 aromatic carbocycles. The second kappa shape index (κ2) is 6.93. The molecule has 0 spiro atoms.